The molecule has 2 amide bonds. The van der Waals surface area contributed by atoms with Gasteiger partial charge in [-0.25, -0.2) is 0 Å². The molecule has 1 aromatic carbocycles. The predicted molar refractivity (Wildman–Crippen MR) is 104 cm³/mol. The van der Waals surface area contributed by atoms with E-state index < -0.39 is 0 Å². The summed E-state index contributed by atoms with van der Waals surface area (Å²) in [5, 5.41) is 5.54. The Morgan fingerprint density at radius 3 is 2.56 bits per heavy atom. The standard InChI is InChI=1S/C20H24N4O3/c1-27-13-10-22-19(25)15-8-9-21-18(14-15)20(26)23-16-4-6-17(7-5-16)24-11-2-3-12-24/h4-9,14H,2-3,10-13H2,1H3,(H,22,25)(H,23,26). The van der Waals surface area contributed by atoms with Gasteiger partial charge in [-0.15, -0.1) is 0 Å². The van der Waals surface area contributed by atoms with Gasteiger partial charge in [0, 0.05) is 49.9 Å². The molecule has 0 aliphatic carbocycles. The molecular weight excluding hydrogens is 344 g/mol. The SMILES string of the molecule is COCCNC(=O)c1ccnc(C(=O)Nc2ccc(N3CCCC3)cc2)c1. The molecule has 7 heteroatoms. The van der Waals surface area contributed by atoms with Crippen LogP contribution in [0.1, 0.15) is 33.7 Å². The highest BCUT2D eigenvalue weighted by atomic mass is 16.5. The molecule has 0 radical (unpaired) electrons. The maximum absolute atomic E-state index is 12.5. The Bertz CT molecular complexity index is 786. The first-order valence-corrected chi connectivity index (χ1v) is 9.07. The first-order chi connectivity index (χ1) is 13.2. The minimum atomic E-state index is -0.351. The number of carbonyl (C=O) groups is 2. The van der Waals surface area contributed by atoms with E-state index >= 15 is 0 Å². The number of nitrogens with one attached hydrogen (secondary N) is 2. The van der Waals surface area contributed by atoms with Crippen molar-refractivity contribution in [3.8, 4) is 0 Å². The van der Waals surface area contributed by atoms with E-state index in [1.54, 1.807) is 13.2 Å². The summed E-state index contributed by atoms with van der Waals surface area (Å²) < 4.78 is 4.90. The number of aromatic nitrogens is 1. The van der Waals surface area contributed by atoms with E-state index in [2.05, 4.69) is 20.5 Å². The van der Waals surface area contributed by atoms with Crippen LogP contribution in [0, 0.1) is 0 Å². The van der Waals surface area contributed by atoms with Gasteiger partial charge >= 0.3 is 0 Å². The van der Waals surface area contributed by atoms with Gasteiger partial charge in [-0.05, 0) is 49.2 Å². The third-order valence-electron chi connectivity index (χ3n) is 4.44. The van der Waals surface area contributed by atoms with Crippen molar-refractivity contribution < 1.29 is 14.3 Å². The summed E-state index contributed by atoms with van der Waals surface area (Å²) >= 11 is 0. The minimum Gasteiger partial charge on any atom is -0.383 e. The molecule has 2 heterocycles. The van der Waals surface area contributed by atoms with Crippen LogP contribution >= 0.6 is 0 Å². The van der Waals surface area contributed by atoms with Crippen molar-refractivity contribution in [2.45, 2.75) is 12.8 Å². The molecule has 1 aromatic heterocycles. The van der Waals surface area contributed by atoms with E-state index in [1.807, 2.05) is 24.3 Å². The van der Waals surface area contributed by atoms with E-state index in [0.717, 1.165) is 13.1 Å². The molecule has 3 rings (SSSR count). The molecule has 0 unspecified atom stereocenters. The maximum Gasteiger partial charge on any atom is 0.274 e. The Morgan fingerprint density at radius 1 is 1.11 bits per heavy atom. The van der Waals surface area contributed by atoms with Crippen LogP contribution in [0.15, 0.2) is 42.6 Å². The number of rotatable bonds is 7. The average Bonchev–Trinajstić information content (AvgIpc) is 3.23. The van der Waals surface area contributed by atoms with E-state index in [4.69, 9.17) is 4.74 Å². The first kappa shape index (κ1) is 18.8. The van der Waals surface area contributed by atoms with Gasteiger partial charge in [-0.3, -0.25) is 14.6 Å². The molecule has 0 bridgehead atoms. The summed E-state index contributed by atoms with van der Waals surface area (Å²) in [5.74, 6) is -0.617. The van der Waals surface area contributed by atoms with Crippen molar-refractivity contribution in [3.05, 3.63) is 53.9 Å². The average molecular weight is 368 g/mol. The Labute approximate surface area is 158 Å². The normalized spacial score (nSPS) is 13.4. The molecule has 0 spiro atoms. The summed E-state index contributed by atoms with van der Waals surface area (Å²) in [5.41, 5.74) is 2.44. The lowest BCUT2D eigenvalue weighted by Gasteiger charge is -2.17. The number of hydrogen-bond acceptors (Lipinski definition) is 5. The highest BCUT2D eigenvalue weighted by molar-refractivity contribution is 6.04. The molecule has 1 fully saturated rings. The van der Waals surface area contributed by atoms with E-state index in [0.29, 0.717) is 24.4 Å². The molecule has 142 valence electrons. The zero-order valence-corrected chi connectivity index (χ0v) is 15.4. The second kappa shape index (κ2) is 9.14. The summed E-state index contributed by atoms with van der Waals surface area (Å²) in [6.07, 6.45) is 3.90. The van der Waals surface area contributed by atoms with Gasteiger partial charge in [0.1, 0.15) is 5.69 Å². The van der Waals surface area contributed by atoms with Crippen LogP contribution in [-0.4, -0.2) is 50.1 Å². The number of methoxy groups -OCH3 is 1. The van der Waals surface area contributed by atoms with Crippen molar-refractivity contribution in [2.24, 2.45) is 0 Å². The maximum atomic E-state index is 12.5. The smallest absolute Gasteiger partial charge is 0.274 e. The van der Waals surface area contributed by atoms with Crippen LogP contribution in [0.25, 0.3) is 0 Å². The quantitative estimate of drug-likeness (QED) is 0.733. The number of pyridine rings is 1. The molecular formula is C20H24N4O3. The number of nitrogens with zero attached hydrogens (tertiary/aromatic N) is 2. The Morgan fingerprint density at radius 2 is 1.85 bits per heavy atom. The molecule has 1 saturated heterocycles. The monoisotopic (exact) mass is 368 g/mol. The molecule has 0 atom stereocenters. The summed E-state index contributed by atoms with van der Waals surface area (Å²) in [4.78, 5) is 30.9. The van der Waals surface area contributed by atoms with Crippen LogP contribution in [0.2, 0.25) is 0 Å². The molecule has 0 saturated carbocycles. The summed E-state index contributed by atoms with van der Waals surface area (Å²) in [6.45, 7) is 2.99. The van der Waals surface area contributed by atoms with Gasteiger partial charge in [-0.2, -0.15) is 0 Å². The van der Waals surface area contributed by atoms with Crippen molar-refractivity contribution in [1.29, 1.82) is 0 Å². The van der Waals surface area contributed by atoms with Gasteiger partial charge in [0.05, 0.1) is 6.61 Å². The van der Waals surface area contributed by atoms with Crippen molar-refractivity contribution >= 4 is 23.2 Å². The summed E-state index contributed by atoms with van der Waals surface area (Å²) in [6, 6.07) is 10.8. The lowest BCUT2D eigenvalue weighted by molar-refractivity contribution is 0.0937. The highest BCUT2D eigenvalue weighted by Gasteiger charge is 2.14. The lowest BCUT2D eigenvalue weighted by atomic mass is 10.2. The first-order valence-electron chi connectivity index (χ1n) is 9.07. The molecule has 27 heavy (non-hydrogen) atoms. The van der Waals surface area contributed by atoms with Gasteiger partial charge in [0.2, 0.25) is 0 Å². The number of amides is 2. The van der Waals surface area contributed by atoms with E-state index in [9.17, 15) is 9.59 Å². The summed E-state index contributed by atoms with van der Waals surface area (Å²) in [7, 11) is 1.57. The van der Waals surface area contributed by atoms with Gasteiger partial charge in [-0.1, -0.05) is 0 Å². The number of anilines is 2. The van der Waals surface area contributed by atoms with Crippen molar-refractivity contribution in [2.75, 3.05) is 43.6 Å². The molecule has 2 aromatic rings. The van der Waals surface area contributed by atoms with Gasteiger partial charge in [0.25, 0.3) is 11.8 Å². The largest absolute Gasteiger partial charge is 0.383 e. The predicted octanol–water partition coefficient (Wildman–Crippen LogP) is 2.31. The van der Waals surface area contributed by atoms with Crippen LogP contribution in [0.3, 0.4) is 0 Å². The zero-order valence-electron chi connectivity index (χ0n) is 15.4. The Balaban J connectivity index is 1.62. The fraction of sp³-hybridized carbons (Fsp3) is 0.350. The second-order valence-electron chi connectivity index (χ2n) is 6.37. The van der Waals surface area contributed by atoms with Crippen LogP contribution < -0.4 is 15.5 Å². The number of ether oxygens (including phenoxy) is 1. The number of carbonyl (C=O) groups excluding carboxylic acids is 2. The van der Waals surface area contributed by atoms with Crippen LogP contribution in [-0.2, 0) is 4.74 Å². The van der Waals surface area contributed by atoms with Crippen molar-refractivity contribution in [1.82, 2.24) is 10.3 Å². The topological polar surface area (TPSA) is 83.6 Å². The minimum absolute atomic E-state index is 0.193. The molecule has 1 aliphatic heterocycles. The third kappa shape index (κ3) is 5.04. The van der Waals surface area contributed by atoms with Crippen LogP contribution in [0.5, 0.6) is 0 Å². The van der Waals surface area contributed by atoms with Gasteiger partial charge < -0.3 is 20.3 Å². The molecule has 1 aliphatic rings. The highest BCUT2D eigenvalue weighted by Crippen LogP contribution is 2.22. The van der Waals surface area contributed by atoms with E-state index in [1.165, 1.54) is 30.8 Å². The van der Waals surface area contributed by atoms with Crippen LogP contribution in [0.4, 0.5) is 11.4 Å². The fourth-order valence-corrected chi connectivity index (χ4v) is 2.99. The van der Waals surface area contributed by atoms with Crippen molar-refractivity contribution in [3.63, 3.8) is 0 Å². The van der Waals surface area contributed by atoms with Gasteiger partial charge in [0.15, 0.2) is 0 Å². The van der Waals surface area contributed by atoms with E-state index in [-0.39, 0.29) is 17.5 Å². The number of hydrogen-bond donors (Lipinski definition) is 2. The molecule has 7 nitrogen and oxygen atoms in total. The third-order valence-corrected chi connectivity index (χ3v) is 4.44. The fourth-order valence-electron chi connectivity index (χ4n) is 2.99. The zero-order chi connectivity index (χ0) is 19.1. The second-order valence-corrected chi connectivity index (χ2v) is 6.37. The Hall–Kier alpha value is -2.93. The number of benzene rings is 1. The lowest BCUT2D eigenvalue weighted by Crippen LogP contribution is -2.27. The molecule has 2 N–H and O–H groups in total. The Kier molecular flexibility index (Phi) is 6.38.